The lowest BCUT2D eigenvalue weighted by atomic mass is 10.0. The van der Waals surface area contributed by atoms with E-state index in [-0.39, 0.29) is 0 Å². The number of rotatable bonds is 2. The van der Waals surface area contributed by atoms with E-state index in [9.17, 15) is 0 Å². The monoisotopic (exact) mass is 584 g/mol. The minimum Gasteiger partial charge on any atom is -0.306 e. The number of fused-ring (bicyclic) bond motifs is 13. The first-order chi connectivity index (χ1) is 22.8. The van der Waals surface area contributed by atoms with E-state index in [1.165, 1.54) is 59.6 Å². The van der Waals surface area contributed by atoms with Crippen LogP contribution in [0.15, 0.2) is 146 Å². The zero-order valence-corrected chi connectivity index (χ0v) is 24.6. The highest BCUT2D eigenvalue weighted by Gasteiger charge is 2.27. The van der Waals surface area contributed by atoms with Gasteiger partial charge in [-0.15, -0.1) is 0 Å². The molecule has 212 valence electrons. The highest BCUT2D eigenvalue weighted by Crippen LogP contribution is 2.47. The molecule has 4 aromatic heterocycles. The molecule has 0 N–H and O–H groups in total. The van der Waals surface area contributed by atoms with Crippen molar-refractivity contribution in [2.45, 2.75) is 0 Å². The van der Waals surface area contributed by atoms with Crippen LogP contribution in [-0.2, 0) is 0 Å². The van der Waals surface area contributed by atoms with Gasteiger partial charge >= 0.3 is 0 Å². The summed E-state index contributed by atoms with van der Waals surface area (Å²) < 4.78 is 4.83. The number of hydrogen-bond donors (Lipinski definition) is 0. The molecule has 11 aromatic rings. The van der Waals surface area contributed by atoms with Crippen LogP contribution in [0.3, 0.4) is 0 Å². The molecule has 4 nitrogen and oxygen atoms in total. The molecule has 4 heteroatoms. The van der Waals surface area contributed by atoms with E-state index in [0.717, 1.165) is 33.2 Å². The summed E-state index contributed by atoms with van der Waals surface area (Å²) in [4.78, 5) is 10.7. The number of benzene rings is 7. The Labute approximate surface area is 262 Å². The summed E-state index contributed by atoms with van der Waals surface area (Å²) >= 11 is 0. The predicted molar refractivity (Wildman–Crippen MR) is 191 cm³/mol. The van der Waals surface area contributed by atoms with Gasteiger partial charge in [-0.05, 0) is 45.8 Å². The van der Waals surface area contributed by atoms with E-state index in [1.54, 1.807) is 0 Å². The van der Waals surface area contributed by atoms with Crippen molar-refractivity contribution in [2.24, 2.45) is 0 Å². The fourth-order valence-electron chi connectivity index (χ4n) is 7.95. The van der Waals surface area contributed by atoms with Crippen molar-refractivity contribution >= 4 is 81.6 Å². The average Bonchev–Trinajstić information content (AvgIpc) is 3.75. The van der Waals surface area contributed by atoms with Gasteiger partial charge in [0, 0.05) is 32.5 Å². The van der Waals surface area contributed by atoms with Crippen LogP contribution in [0.25, 0.3) is 98.8 Å². The molecule has 46 heavy (non-hydrogen) atoms. The molecule has 7 aromatic carbocycles. The van der Waals surface area contributed by atoms with Crippen LogP contribution in [-0.4, -0.2) is 18.9 Å². The van der Waals surface area contributed by atoms with Crippen molar-refractivity contribution in [1.82, 2.24) is 18.9 Å². The van der Waals surface area contributed by atoms with Crippen molar-refractivity contribution in [1.29, 1.82) is 0 Å². The summed E-state index contributed by atoms with van der Waals surface area (Å²) in [5.74, 6) is 0.676. The fraction of sp³-hybridized carbons (Fsp3) is 0. The largest absolute Gasteiger partial charge is 0.306 e. The topological polar surface area (TPSA) is 35.1 Å². The first-order valence-corrected chi connectivity index (χ1v) is 15.7. The van der Waals surface area contributed by atoms with E-state index in [0.29, 0.717) is 5.95 Å². The molecule has 0 aliphatic heterocycles. The quantitative estimate of drug-likeness (QED) is 0.203. The van der Waals surface area contributed by atoms with Crippen LogP contribution >= 0.6 is 0 Å². The Hall–Kier alpha value is -6.26. The highest BCUT2D eigenvalue weighted by atomic mass is 15.2. The Morgan fingerprint density at radius 3 is 1.93 bits per heavy atom. The molecule has 11 rings (SSSR count). The lowest BCUT2D eigenvalue weighted by molar-refractivity contribution is 1.02. The Balaban J connectivity index is 1.43. The van der Waals surface area contributed by atoms with Crippen molar-refractivity contribution in [3.05, 3.63) is 146 Å². The molecule has 0 aliphatic rings. The van der Waals surface area contributed by atoms with E-state index in [2.05, 4.69) is 155 Å². The van der Waals surface area contributed by atoms with Crippen LogP contribution in [0.2, 0.25) is 0 Å². The van der Waals surface area contributed by atoms with E-state index >= 15 is 0 Å². The Morgan fingerprint density at radius 2 is 1.09 bits per heavy atom. The average molecular weight is 585 g/mol. The number of nitrogens with zero attached hydrogens (tertiary/aromatic N) is 4. The van der Waals surface area contributed by atoms with E-state index < -0.39 is 0 Å². The number of hydrogen-bond acceptors (Lipinski definition) is 2. The lowest BCUT2D eigenvalue weighted by Gasteiger charge is -2.12. The van der Waals surface area contributed by atoms with Gasteiger partial charge in [-0.3, -0.25) is 4.57 Å². The molecular weight excluding hydrogens is 560 g/mol. The first-order valence-electron chi connectivity index (χ1n) is 15.7. The molecule has 4 heterocycles. The third kappa shape index (κ3) is 2.98. The van der Waals surface area contributed by atoms with Crippen molar-refractivity contribution in [3.63, 3.8) is 0 Å². The number of aromatic nitrogens is 4. The molecule has 0 bridgehead atoms. The van der Waals surface area contributed by atoms with Gasteiger partial charge in [0.05, 0.1) is 38.8 Å². The molecule has 0 radical (unpaired) electrons. The normalized spacial score (nSPS) is 12.3. The minimum atomic E-state index is 0.676. The van der Waals surface area contributed by atoms with Gasteiger partial charge in [-0.2, -0.15) is 0 Å². The molecule has 0 saturated carbocycles. The maximum Gasteiger partial charge on any atom is 0.235 e. The number of para-hydroxylation sites is 2. The second kappa shape index (κ2) is 8.68. The molecule has 0 atom stereocenters. The molecule has 0 saturated heterocycles. The smallest absolute Gasteiger partial charge is 0.235 e. The van der Waals surface area contributed by atoms with Gasteiger partial charge in [0.2, 0.25) is 5.95 Å². The zero-order chi connectivity index (χ0) is 29.9. The van der Waals surface area contributed by atoms with Gasteiger partial charge in [0.15, 0.2) is 0 Å². The van der Waals surface area contributed by atoms with Gasteiger partial charge in [-0.1, -0.05) is 121 Å². The fourth-order valence-corrected chi connectivity index (χ4v) is 7.95. The van der Waals surface area contributed by atoms with Crippen LogP contribution in [0.1, 0.15) is 0 Å². The van der Waals surface area contributed by atoms with Crippen molar-refractivity contribution < 1.29 is 0 Å². The molecule has 0 fully saturated rings. The Bertz CT molecular complexity index is 3020. The van der Waals surface area contributed by atoms with Gasteiger partial charge < -0.3 is 4.40 Å². The SMILES string of the molecule is c1ccc(-c2nc(-n3c4ccc5ccccc5c4c4c3c3cc5ccccc5c5c6ccccc6n4c35)nc3ccccc23)cc1. The highest BCUT2D eigenvalue weighted by molar-refractivity contribution is 6.35. The van der Waals surface area contributed by atoms with E-state index in [4.69, 9.17) is 9.97 Å². The third-order valence-corrected chi connectivity index (χ3v) is 9.81. The summed E-state index contributed by atoms with van der Waals surface area (Å²) in [6, 6.07) is 52.0. The summed E-state index contributed by atoms with van der Waals surface area (Å²) in [7, 11) is 0. The van der Waals surface area contributed by atoms with Crippen LogP contribution < -0.4 is 0 Å². The van der Waals surface area contributed by atoms with Gasteiger partial charge in [0.1, 0.15) is 0 Å². The van der Waals surface area contributed by atoms with E-state index in [1.807, 2.05) is 0 Å². The molecule has 0 aliphatic carbocycles. The first kappa shape index (κ1) is 24.1. The molecule has 0 spiro atoms. The van der Waals surface area contributed by atoms with Crippen LogP contribution in [0, 0.1) is 0 Å². The van der Waals surface area contributed by atoms with Crippen LogP contribution in [0.5, 0.6) is 0 Å². The third-order valence-electron chi connectivity index (χ3n) is 9.81. The summed E-state index contributed by atoms with van der Waals surface area (Å²) in [6.07, 6.45) is 0. The summed E-state index contributed by atoms with van der Waals surface area (Å²) in [5, 5.41) is 11.0. The van der Waals surface area contributed by atoms with Gasteiger partial charge in [0.25, 0.3) is 0 Å². The second-order valence-corrected chi connectivity index (χ2v) is 12.2. The standard InChI is InChI=1S/C42H24N4/c1-2-13-26(14-3-1)38-30-18-8-10-20-33(30)43-42(44-38)46-35-23-22-25-12-4-6-16-28(25)37(35)41-40(46)32-24-27-15-5-7-17-29(27)36-31-19-9-11-21-34(31)45(41)39(32)36/h1-24H. The molecule has 0 unspecified atom stereocenters. The molecule has 0 amide bonds. The minimum absolute atomic E-state index is 0.676. The Kier molecular flexibility index (Phi) is 4.55. The van der Waals surface area contributed by atoms with Crippen molar-refractivity contribution in [3.8, 4) is 17.2 Å². The maximum atomic E-state index is 5.40. The lowest BCUT2D eigenvalue weighted by Crippen LogP contribution is -2.03. The van der Waals surface area contributed by atoms with Crippen molar-refractivity contribution in [2.75, 3.05) is 0 Å². The summed E-state index contributed by atoms with van der Waals surface area (Å²) in [6.45, 7) is 0. The van der Waals surface area contributed by atoms with Gasteiger partial charge in [-0.25, -0.2) is 9.97 Å². The zero-order valence-electron chi connectivity index (χ0n) is 24.6. The Morgan fingerprint density at radius 1 is 0.413 bits per heavy atom. The maximum absolute atomic E-state index is 5.40. The molecular formula is C42H24N4. The predicted octanol–water partition coefficient (Wildman–Crippen LogP) is 10.7. The summed E-state index contributed by atoms with van der Waals surface area (Å²) in [5.41, 5.74) is 8.83. The van der Waals surface area contributed by atoms with Crippen LogP contribution in [0.4, 0.5) is 0 Å². The second-order valence-electron chi connectivity index (χ2n) is 12.2.